The molecule has 1 aromatic rings. The molecule has 0 radical (unpaired) electrons. The molecule has 1 amide bonds. The fourth-order valence-electron chi connectivity index (χ4n) is 2.36. The van der Waals surface area contributed by atoms with Crippen LogP contribution in [0.3, 0.4) is 0 Å². The third-order valence-electron chi connectivity index (χ3n) is 4.05. The number of amides is 1. The summed E-state index contributed by atoms with van der Waals surface area (Å²) >= 11 is 0. The molecule has 0 saturated heterocycles. The summed E-state index contributed by atoms with van der Waals surface area (Å²) < 4.78 is 5.55. The number of carbonyl (C=O) groups excluding carboxylic acids is 1. The normalized spacial score (nSPS) is 17.1. The van der Waals surface area contributed by atoms with E-state index in [0.29, 0.717) is 23.1 Å². The van der Waals surface area contributed by atoms with Gasteiger partial charge in [-0.2, -0.15) is 5.26 Å². The van der Waals surface area contributed by atoms with Gasteiger partial charge in [0.2, 0.25) is 0 Å². The highest BCUT2D eigenvalue weighted by Crippen LogP contribution is 2.33. The molecule has 0 atom stereocenters. The van der Waals surface area contributed by atoms with Crippen LogP contribution in [-0.4, -0.2) is 30.5 Å². The van der Waals surface area contributed by atoms with Crippen molar-refractivity contribution in [1.29, 1.82) is 5.26 Å². The minimum atomic E-state index is 0.0816. The first kappa shape index (κ1) is 13.9. The summed E-state index contributed by atoms with van der Waals surface area (Å²) in [6.45, 7) is 1.88. The van der Waals surface area contributed by atoms with Gasteiger partial charge >= 0.3 is 0 Å². The fourth-order valence-corrected chi connectivity index (χ4v) is 2.36. The Morgan fingerprint density at radius 1 is 1.14 bits per heavy atom. The maximum Gasteiger partial charge on any atom is 0.260 e. The van der Waals surface area contributed by atoms with E-state index in [1.54, 1.807) is 24.3 Å². The molecule has 0 unspecified atom stereocenters. The lowest BCUT2D eigenvalue weighted by Crippen LogP contribution is -2.38. The average molecular weight is 284 g/mol. The van der Waals surface area contributed by atoms with Crippen molar-refractivity contribution < 1.29 is 9.53 Å². The van der Waals surface area contributed by atoms with E-state index in [0.717, 1.165) is 13.1 Å². The van der Waals surface area contributed by atoms with Gasteiger partial charge in [0.25, 0.3) is 5.91 Å². The van der Waals surface area contributed by atoms with Crippen molar-refractivity contribution in [3.63, 3.8) is 0 Å². The largest absolute Gasteiger partial charge is 0.484 e. The van der Waals surface area contributed by atoms with Gasteiger partial charge in [0.15, 0.2) is 6.61 Å². The monoisotopic (exact) mass is 284 g/mol. The number of rotatable bonds is 7. The predicted octanol–water partition coefficient (Wildman–Crippen LogP) is 2.59. The number of nitriles is 1. The summed E-state index contributed by atoms with van der Waals surface area (Å²) in [4.78, 5) is 14.3. The van der Waals surface area contributed by atoms with Gasteiger partial charge in [-0.3, -0.25) is 4.79 Å². The molecule has 2 fully saturated rings. The van der Waals surface area contributed by atoms with Gasteiger partial charge in [0, 0.05) is 13.1 Å². The highest BCUT2D eigenvalue weighted by Gasteiger charge is 2.31. The van der Waals surface area contributed by atoms with Crippen molar-refractivity contribution in [3.05, 3.63) is 29.8 Å². The molecule has 0 aromatic heterocycles. The van der Waals surface area contributed by atoms with Gasteiger partial charge < -0.3 is 9.64 Å². The molecule has 0 N–H and O–H groups in total. The van der Waals surface area contributed by atoms with Crippen molar-refractivity contribution in [2.45, 2.75) is 25.7 Å². The molecule has 4 nitrogen and oxygen atoms in total. The Labute approximate surface area is 125 Å². The van der Waals surface area contributed by atoms with Gasteiger partial charge in [0.05, 0.1) is 11.6 Å². The summed E-state index contributed by atoms with van der Waals surface area (Å²) in [6.07, 6.45) is 5.02. The number of hydrogen-bond donors (Lipinski definition) is 0. The van der Waals surface area contributed by atoms with E-state index < -0.39 is 0 Å². The molecular formula is C17H20N2O2. The first-order chi connectivity index (χ1) is 10.2. The van der Waals surface area contributed by atoms with Crippen LogP contribution in [0.2, 0.25) is 0 Å². The summed E-state index contributed by atoms with van der Waals surface area (Å²) in [7, 11) is 0. The SMILES string of the molecule is N#Cc1ccc(OCC(=O)N(CC2CC2)CC2CC2)cc1. The second-order valence-electron chi connectivity index (χ2n) is 6.11. The van der Waals surface area contributed by atoms with Gasteiger partial charge in [-0.1, -0.05) is 0 Å². The Bertz CT molecular complexity index is 525. The van der Waals surface area contributed by atoms with Gasteiger partial charge in [-0.15, -0.1) is 0 Å². The number of carbonyl (C=O) groups is 1. The Kier molecular flexibility index (Phi) is 4.10. The summed E-state index contributed by atoms with van der Waals surface area (Å²) in [5.74, 6) is 2.14. The van der Waals surface area contributed by atoms with Crippen LogP contribution in [-0.2, 0) is 4.79 Å². The Morgan fingerprint density at radius 3 is 2.19 bits per heavy atom. The van der Waals surface area contributed by atoms with Gasteiger partial charge in [-0.25, -0.2) is 0 Å². The molecule has 2 aliphatic rings. The van der Waals surface area contributed by atoms with Gasteiger partial charge in [-0.05, 0) is 61.8 Å². The highest BCUT2D eigenvalue weighted by molar-refractivity contribution is 5.77. The zero-order valence-electron chi connectivity index (χ0n) is 12.1. The Morgan fingerprint density at radius 2 is 1.71 bits per heavy atom. The van der Waals surface area contributed by atoms with Crippen molar-refractivity contribution in [1.82, 2.24) is 4.90 Å². The van der Waals surface area contributed by atoms with Crippen LogP contribution in [0.15, 0.2) is 24.3 Å². The first-order valence-electron chi connectivity index (χ1n) is 7.65. The maximum atomic E-state index is 12.3. The molecule has 0 aliphatic heterocycles. The molecule has 1 aromatic carbocycles. The van der Waals surface area contributed by atoms with Gasteiger partial charge in [0.1, 0.15) is 5.75 Å². The lowest BCUT2D eigenvalue weighted by molar-refractivity contribution is -0.133. The van der Waals surface area contributed by atoms with E-state index in [1.807, 2.05) is 4.90 Å². The minimum Gasteiger partial charge on any atom is -0.484 e. The summed E-state index contributed by atoms with van der Waals surface area (Å²) in [6, 6.07) is 8.93. The molecule has 110 valence electrons. The van der Waals surface area contributed by atoms with Crippen LogP contribution in [0.25, 0.3) is 0 Å². The van der Waals surface area contributed by atoms with Crippen LogP contribution in [0.5, 0.6) is 5.75 Å². The van der Waals surface area contributed by atoms with Crippen LogP contribution >= 0.6 is 0 Å². The molecule has 3 rings (SSSR count). The molecule has 0 bridgehead atoms. The van der Waals surface area contributed by atoms with Crippen molar-refractivity contribution in [2.75, 3.05) is 19.7 Å². The second kappa shape index (κ2) is 6.17. The van der Waals surface area contributed by atoms with E-state index in [4.69, 9.17) is 10.00 Å². The molecule has 0 heterocycles. The zero-order valence-corrected chi connectivity index (χ0v) is 12.1. The topological polar surface area (TPSA) is 53.3 Å². The third kappa shape index (κ3) is 4.22. The van der Waals surface area contributed by atoms with Crippen LogP contribution in [0.1, 0.15) is 31.2 Å². The Hall–Kier alpha value is -2.02. The first-order valence-corrected chi connectivity index (χ1v) is 7.65. The standard InChI is InChI=1S/C17H20N2O2/c18-9-13-5-7-16(8-6-13)21-12-17(20)19(10-14-1-2-14)11-15-3-4-15/h5-8,14-15H,1-4,10-12H2. The van der Waals surface area contributed by atoms with Crippen LogP contribution in [0.4, 0.5) is 0 Å². The van der Waals surface area contributed by atoms with Crippen LogP contribution in [0, 0.1) is 23.2 Å². The third-order valence-corrected chi connectivity index (χ3v) is 4.05. The summed E-state index contributed by atoms with van der Waals surface area (Å²) in [5.41, 5.74) is 0.595. The predicted molar refractivity (Wildman–Crippen MR) is 78.7 cm³/mol. The minimum absolute atomic E-state index is 0.0816. The average Bonchev–Trinajstić information content (AvgIpc) is 3.40. The molecular weight excluding hydrogens is 264 g/mol. The number of ether oxygens (including phenoxy) is 1. The Balaban J connectivity index is 1.51. The fraction of sp³-hybridized carbons (Fsp3) is 0.529. The smallest absolute Gasteiger partial charge is 0.260 e. The maximum absolute atomic E-state index is 12.3. The molecule has 4 heteroatoms. The molecule has 2 saturated carbocycles. The van der Waals surface area contributed by atoms with Crippen molar-refractivity contribution in [2.24, 2.45) is 11.8 Å². The zero-order chi connectivity index (χ0) is 14.7. The van der Waals surface area contributed by atoms with Crippen LogP contribution < -0.4 is 4.74 Å². The molecule has 21 heavy (non-hydrogen) atoms. The molecule has 2 aliphatic carbocycles. The van der Waals surface area contributed by atoms with Crippen molar-refractivity contribution >= 4 is 5.91 Å². The summed E-state index contributed by atoms with van der Waals surface area (Å²) in [5, 5.41) is 8.75. The van der Waals surface area contributed by atoms with E-state index in [9.17, 15) is 4.79 Å². The van der Waals surface area contributed by atoms with E-state index >= 15 is 0 Å². The quantitative estimate of drug-likeness (QED) is 0.773. The number of benzene rings is 1. The number of hydrogen-bond acceptors (Lipinski definition) is 3. The van der Waals surface area contributed by atoms with E-state index in [-0.39, 0.29) is 12.5 Å². The van der Waals surface area contributed by atoms with E-state index in [1.165, 1.54) is 25.7 Å². The lowest BCUT2D eigenvalue weighted by atomic mass is 10.2. The lowest BCUT2D eigenvalue weighted by Gasteiger charge is -2.22. The number of nitrogens with zero attached hydrogens (tertiary/aromatic N) is 2. The second-order valence-corrected chi connectivity index (χ2v) is 6.11. The van der Waals surface area contributed by atoms with Crippen molar-refractivity contribution in [3.8, 4) is 11.8 Å². The van der Waals surface area contributed by atoms with E-state index in [2.05, 4.69) is 6.07 Å². The highest BCUT2D eigenvalue weighted by atomic mass is 16.5. The molecule has 0 spiro atoms.